The SMILES string of the molecule is S=c1[nH]nc(-c2ccc(-n3c4c(c5ccccc53)CCCC4)cc2)s1. The molecular weight excluding hydrogens is 346 g/mol. The van der Waals surface area contributed by atoms with Crippen LogP contribution < -0.4 is 0 Å². The number of hydrogen-bond acceptors (Lipinski definition) is 3. The summed E-state index contributed by atoms with van der Waals surface area (Å²) in [7, 11) is 0. The van der Waals surface area contributed by atoms with E-state index in [-0.39, 0.29) is 0 Å². The van der Waals surface area contributed by atoms with Gasteiger partial charge in [0.1, 0.15) is 5.01 Å². The number of aromatic amines is 1. The summed E-state index contributed by atoms with van der Waals surface area (Å²) in [5.74, 6) is 0. The van der Waals surface area contributed by atoms with Crippen LogP contribution in [0.4, 0.5) is 0 Å². The van der Waals surface area contributed by atoms with Crippen LogP contribution in [0.3, 0.4) is 0 Å². The fourth-order valence-corrected chi connectivity index (χ4v) is 4.79. The molecule has 2 aromatic carbocycles. The Morgan fingerprint density at radius 1 is 1.00 bits per heavy atom. The van der Waals surface area contributed by atoms with Crippen molar-refractivity contribution in [3.8, 4) is 16.3 Å². The molecular formula is C20H17N3S2. The van der Waals surface area contributed by atoms with Gasteiger partial charge in [-0.25, -0.2) is 0 Å². The highest BCUT2D eigenvalue weighted by Gasteiger charge is 2.20. The van der Waals surface area contributed by atoms with E-state index in [2.05, 4.69) is 63.3 Å². The second-order valence-electron chi connectivity index (χ2n) is 6.45. The van der Waals surface area contributed by atoms with E-state index in [0.29, 0.717) is 3.95 Å². The standard InChI is InChI=1S/C20H17N3S2/c24-20-22-21-19(25-20)13-9-11-14(12-10-13)23-17-7-3-1-5-15(17)16-6-2-4-8-18(16)23/h1,3,5,7,9-12H,2,4,6,8H2,(H,22,24). The van der Waals surface area contributed by atoms with Crippen molar-refractivity contribution >= 4 is 34.5 Å². The highest BCUT2D eigenvalue weighted by Crippen LogP contribution is 2.35. The maximum atomic E-state index is 5.14. The molecule has 1 N–H and O–H groups in total. The number of aryl methyl sites for hydroxylation is 1. The summed E-state index contributed by atoms with van der Waals surface area (Å²) < 4.78 is 3.16. The number of nitrogens with zero attached hydrogens (tertiary/aromatic N) is 2. The summed E-state index contributed by atoms with van der Waals surface area (Å²) >= 11 is 6.65. The van der Waals surface area contributed by atoms with Crippen molar-refractivity contribution in [2.45, 2.75) is 25.7 Å². The van der Waals surface area contributed by atoms with Crippen molar-refractivity contribution in [2.24, 2.45) is 0 Å². The fourth-order valence-electron chi connectivity index (χ4n) is 3.90. The predicted molar refractivity (Wildman–Crippen MR) is 106 cm³/mol. The van der Waals surface area contributed by atoms with Crippen LogP contribution in [-0.4, -0.2) is 14.8 Å². The van der Waals surface area contributed by atoms with Gasteiger partial charge in [0, 0.05) is 22.3 Å². The van der Waals surface area contributed by atoms with Gasteiger partial charge in [-0.1, -0.05) is 29.5 Å². The van der Waals surface area contributed by atoms with Crippen molar-refractivity contribution in [3.05, 3.63) is 63.7 Å². The molecule has 0 unspecified atom stereocenters. The van der Waals surface area contributed by atoms with Crippen LogP contribution in [0.1, 0.15) is 24.1 Å². The van der Waals surface area contributed by atoms with E-state index < -0.39 is 0 Å². The number of fused-ring (bicyclic) bond motifs is 3. The fraction of sp³-hybridized carbons (Fsp3) is 0.200. The maximum Gasteiger partial charge on any atom is 0.176 e. The van der Waals surface area contributed by atoms with Gasteiger partial charge in [-0.2, -0.15) is 5.10 Å². The van der Waals surface area contributed by atoms with Gasteiger partial charge >= 0.3 is 0 Å². The first kappa shape index (κ1) is 15.0. The van der Waals surface area contributed by atoms with Crippen LogP contribution in [0, 0.1) is 3.95 Å². The Labute approximate surface area is 155 Å². The molecule has 0 radical (unpaired) electrons. The minimum atomic E-state index is 0.713. The Bertz CT molecular complexity index is 1120. The average molecular weight is 364 g/mol. The second kappa shape index (κ2) is 5.93. The summed E-state index contributed by atoms with van der Waals surface area (Å²) in [5, 5.41) is 9.48. The van der Waals surface area contributed by atoms with Gasteiger partial charge in [0.15, 0.2) is 3.95 Å². The Morgan fingerprint density at radius 2 is 1.80 bits per heavy atom. The molecule has 5 heteroatoms. The molecule has 1 aliphatic carbocycles. The van der Waals surface area contributed by atoms with E-state index >= 15 is 0 Å². The minimum absolute atomic E-state index is 0.713. The predicted octanol–water partition coefficient (Wildman–Crippen LogP) is 5.69. The third-order valence-electron chi connectivity index (χ3n) is 4.99. The van der Waals surface area contributed by atoms with Crippen LogP contribution in [0.2, 0.25) is 0 Å². The quantitative estimate of drug-likeness (QED) is 0.464. The lowest BCUT2D eigenvalue weighted by Gasteiger charge is -2.16. The molecule has 5 rings (SSSR count). The molecule has 0 amide bonds. The molecule has 0 saturated heterocycles. The third kappa shape index (κ3) is 2.46. The van der Waals surface area contributed by atoms with Crippen molar-refractivity contribution in [3.63, 3.8) is 0 Å². The molecule has 124 valence electrons. The number of aromatic nitrogens is 3. The lowest BCUT2D eigenvalue weighted by molar-refractivity contribution is 0.667. The first-order valence-corrected chi connectivity index (χ1v) is 9.81. The molecule has 0 spiro atoms. The van der Waals surface area contributed by atoms with Gasteiger partial charge in [0.25, 0.3) is 0 Å². The van der Waals surface area contributed by atoms with E-state index in [9.17, 15) is 0 Å². The molecule has 2 aromatic heterocycles. The molecule has 0 fully saturated rings. The number of rotatable bonds is 2. The highest BCUT2D eigenvalue weighted by molar-refractivity contribution is 7.73. The Balaban J connectivity index is 1.67. The maximum absolute atomic E-state index is 5.14. The number of benzene rings is 2. The molecule has 25 heavy (non-hydrogen) atoms. The Morgan fingerprint density at radius 3 is 2.60 bits per heavy atom. The van der Waals surface area contributed by atoms with E-state index in [0.717, 1.165) is 17.0 Å². The summed E-state index contributed by atoms with van der Waals surface area (Å²) in [6.45, 7) is 0. The number of para-hydroxylation sites is 1. The highest BCUT2D eigenvalue weighted by atomic mass is 32.1. The van der Waals surface area contributed by atoms with Gasteiger partial charge in [-0.05, 0) is 73.8 Å². The topological polar surface area (TPSA) is 33.6 Å². The average Bonchev–Trinajstić information content (AvgIpc) is 3.23. The smallest absolute Gasteiger partial charge is 0.176 e. The van der Waals surface area contributed by atoms with E-state index in [1.165, 1.54) is 58.4 Å². The van der Waals surface area contributed by atoms with Crippen LogP contribution in [-0.2, 0) is 12.8 Å². The van der Waals surface area contributed by atoms with Crippen LogP contribution in [0.25, 0.3) is 27.2 Å². The summed E-state index contributed by atoms with van der Waals surface area (Å²) in [5.41, 5.74) is 6.66. The third-order valence-corrected chi connectivity index (χ3v) is 6.13. The van der Waals surface area contributed by atoms with Crippen LogP contribution in [0.15, 0.2) is 48.5 Å². The van der Waals surface area contributed by atoms with E-state index in [4.69, 9.17) is 12.2 Å². The Hall–Kier alpha value is -2.24. The largest absolute Gasteiger partial charge is 0.313 e. The number of hydrogen-bond donors (Lipinski definition) is 1. The zero-order valence-corrected chi connectivity index (χ0v) is 15.3. The molecule has 2 heterocycles. The molecule has 0 atom stereocenters. The lowest BCUT2D eigenvalue weighted by Crippen LogP contribution is -2.06. The normalized spacial score (nSPS) is 13.9. The molecule has 0 aliphatic heterocycles. The summed E-state index contributed by atoms with van der Waals surface area (Å²) in [6.07, 6.45) is 4.92. The van der Waals surface area contributed by atoms with E-state index in [1.54, 1.807) is 0 Å². The van der Waals surface area contributed by atoms with Gasteiger partial charge in [-0.3, -0.25) is 5.10 Å². The van der Waals surface area contributed by atoms with Gasteiger partial charge in [0.05, 0.1) is 5.52 Å². The summed E-state index contributed by atoms with van der Waals surface area (Å²) in [6, 6.07) is 17.5. The molecule has 0 bridgehead atoms. The van der Waals surface area contributed by atoms with Crippen molar-refractivity contribution in [2.75, 3.05) is 0 Å². The zero-order valence-electron chi connectivity index (χ0n) is 13.7. The molecule has 4 aromatic rings. The van der Waals surface area contributed by atoms with Crippen molar-refractivity contribution in [1.29, 1.82) is 0 Å². The minimum Gasteiger partial charge on any atom is -0.313 e. The summed E-state index contributed by atoms with van der Waals surface area (Å²) in [4.78, 5) is 0. The molecule has 0 saturated carbocycles. The van der Waals surface area contributed by atoms with Crippen LogP contribution >= 0.6 is 23.6 Å². The molecule has 1 aliphatic rings. The molecule has 3 nitrogen and oxygen atoms in total. The van der Waals surface area contributed by atoms with E-state index in [1.807, 2.05) is 0 Å². The number of nitrogens with one attached hydrogen (secondary N) is 1. The lowest BCUT2D eigenvalue weighted by atomic mass is 9.95. The monoisotopic (exact) mass is 363 g/mol. The second-order valence-corrected chi connectivity index (χ2v) is 8.12. The van der Waals surface area contributed by atoms with Crippen molar-refractivity contribution in [1.82, 2.24) is 14.8 Å². The first-order valence-electron chi connectivity index (χ1n) is 8.59. The Kier molecular flexibility index (Phi) is 3.57. The van der Waals surface area contributed by atoms with Crippen molar-refractivity contribution < 1.29 is 0 Å². The zero-order chi connectivity index (χ0) is 16.8. The first-order chi connectivity index (χ1) is 12.3. The van der Waals surface area contributed by atoms with Gasteiger partial charge in [-0.15, -0.1) is 0 Å². The van der Waals surface area contributed by atoms with Gasteiger partial charge in [0.2, 0.25) is 0 Å². The van der Waals surface area contributed by atoms with Gasteiger partial charge < -0.3 is 4.57 Å². The van der Waals surface area contributed by atoms with Crippen LogP contribution in [0.5, 0.6) is 0 Å². The number of H-pyrrole nitrogens is 1.